The third-order valence-corrected chi connectivity index (χ3v) is 6.56. The Balaban J connectivity index is 1.72. The lowest BCUT2D eigenvalue weighted by molar-refractivity contribution is 0.601. The van der Waals surface area contributed by atoms with E-state index in [1.807, 2.05) is 30.3 Å². The first-order chi connectivity index (χ1) is 15.0. The van der Waals surface area contributed by atoms with Crippen molar-refractivity contribution in [3.63, 3.8) is 0 Å². The van der Waals surface area contributed by atoms with Crippen molar-refractivity contribution in [3.8, 4) is 0 Å². The van der Waals surface area contributed by atoms with Crippen molar-refractivity contribution in [3.05, 3.63) is 84.4 Å². The summed E-state index contributed by atoms with van der Waals surface area (Å²) in [7, 11) is -3.81. The molecule has 4 rings (SSSR count). The molecule has 158 valence electrons. The van der Waals surface area contributed by atoms with Gasteiger partial charge in [0.05, 0.1) is 15.9 Å². The zero-order chi connectivity index (χ0) is 21.8. The Bertz CT molecular complexity index is 1290. The molecule has 1 atom stereocenters. The van der Waals surface area contributed by atoms with Crippen LogP contribution >= 0.6 is 0 Å². The molecule has 1 aromatic heterocycles. The van der Waals surface area contributed by atoms with E-state index in [9.17, 15) is 8.42 Å². The first-order valence-electron chi connectivity index (χ1n) is 10.2. The van der Waals surface area contributed by atoms with Crippen LogP contribution in [-0.4, -0.2) is 18.4 Å². The number of rotatable bonds is 7. The monoisotopic (exact) mass is 432 g/mol. The van der Waals surface area contributed by atoms with Crippen LogP contribution in [0.4, 0.5) is 17.3 Å². The molecule has 3 aromatic carbocycles. The summed E-state index contributed by atoms with van der Waals surface area (Å²) in [6.07, 6.45) is 1.06. The van der Waals surface area contributed by atoms with Gasteiger partial charge in [0.2, 0.25) is 0 Å². The minimum absolute atomic E-state index is 0.147. The fraction of sp³-hybridized carbons (Fsp3) is 0.167. The zero-order valence-corrected chi connectivity index (χ0v) is 18.2. The second-order valence-corrected chi connectivity index (χ2v) is 9.07. The maximum atomic E-state index is 12.9. The van der Waals surface area contributed by atoms with E-state index >= 15 is 0 Å². The highest BCUT2D eigenvalue weighted by molar-refractivity contribution is 7.92. The second-order valence-electron chi connectivity index (χ2n) is 7.38. The molecule has 6 nitrogen and oxygen atoms in total. The molecule has 1 unspecified atom stereocenters. The molecule has 0 radical (unpaired) electrons. The predicted molar refractivity (Wildman–Crippen MR) is 125 cm³/mol. The highest BCUT2D eigenvalue weighted by Crippen LogP contribution is 2.28. The average Bonchev–Trinajstić information content (AvgIpc) is 2.80. The molecule has 31 heavy (non-hydrogen) atoms. The lowest BCUT2D eigenvalue weighted by atomic mass is 9.99. The normalized spacial score (nSPS) is 12.5. The van der Waals surface area contributed by atoms with Gasteiger partial charge in [0, 0.05) is 5.69 Å². The minimum Gasteiger partial charge on any atom is -0.337 e. The first kappa shape index (κ1) is 20.8. The lowest BCUT2D eigenvalue weighted by Crippen LogP contribution is -2.16. The average molecular weight is 433 g/mol. The van der Waals surface area contributed by atoms with Crippen molar-refractivity contribution in [1.82, 2.24) is 9.97 Å². The van der Waals surface area contributed by atoms with E-state index in [1.165, 1.54) is 17.7 Å². The quantitative estimate of drug-likeness (QED) is 0.392. The first-order valence-corrected chi connectivity index (χ1v) is 11.7. The van der Waals surface area contributed by atoms with Gasteiger partial charge in [0.15, 0.2) is 11.6 Å². The Labute approximate surface area is 182 Å². The molecule has 0 aliphatic rings. The molecule has 0 saturated carbocycles. The standard InChI is InChI=1S/C24H24N4O2S/c1-3-17(2)18-13-15-19(16-14-18)25-23-24(27-22-12-8-7-11-21(22)26-23)28-31(29,30)20-9-5-4-6-10-20/h4-17H,3H2,1-2H3,(H,25,26)(H,27,28). The van der Waals surface area contributed by atoms with Crippen molar-refractivity contribution in [2.75, 3.05) is 10.0 Å². The van der Waals surface area contributed by atoms with Gasteiger partial charge in [0.1, 0.15) is 0 Å². The van der Waals surface area contributed by atoms with Gasteiger partial charge in [-0.15, -0.1) is 0 Å². The molecule has 0 spiro atoms. The summed E-state index contributed by atoms with van der Waals surface area (Å²) < 4.78 is 28.4. The lowest BCUT2D eigenvalue weighted by Gasteiger charge is -2.15. The van der Waals surface area contributed by atoms with Gasteiger partial charge in [-0.2, -0.15) is 0 Å². The van der Waals surface area contributed by atoms with Gasteiger partial charge in [-0.1, -0.05) is 56.3 Å². The Kier molecular flexibility index (Phi) is 5.86. The highest BCUT2D eigenvalue weighted by Gasteiger charge is 2.19. The van der Waals surface area contributed by atoms with Crippen LogP contribution in [0.25, 0.3) is 11.0 Å². The van der Waals surface area contributed by atoms with Gasteiger partial charge in [0.25, 0.3) is 10.0 Å². The number of nitrogens with zero attached hydrogens (tertiary/aromatic N) is 2. The Morgan fingerprint density at radius 3 is 2.00 bits per heavy atom. The summed E-state index contributed by atoms with van der Waals surface area (Å²) in [5, 5.41) is 3.22. The number of benzene rings is 3. The van der Waals surface area contributed by atoms with E-state index in [1.54, 1.807) is 24.3 Å². The van der Waals surface area contributed by atoms with E-state index < -0.39 is 10.0 Å². The summed E-state index contributed by atoms with van der Waals surface area (Å²) in [5.41, 5.74) is 3.33. The molecule has 0 aliphatic heterocycles. The molecular formula is C24H24N4O2S. The van der Waals surface area contributed by atoms with Gasteiger partial charge in [-0.25, -0.2) is 18.4 Å². The zero-order valence-electron chi connectivity index (χ0n) is 17.4. The summed E-state index contributed by atoms with van der Waals surface area (Å²) in [6, 6.07) is 23.6. The number of anilines is 3. The SMILES string of the molecule is CCC(C)c1ccc(Nc2nc3ccccc3nc2NS(=O)(=O)c2ccccc2)cc1. The van der Waals surface area contributed by atoms with Crippen molar-refractivity contribution in [2.45, 2.75) is 31.1 Å². The number of hydrogen-bond donors (Lipinski definition) is 2. The second kappa shape index (κ2) is 8.73. The van der Waals surface area contributed by atoms with Gasteiger partial charge in [-0.05, 0) is 54.3 Å². The fourth-order valence-corrected chi connectivity index (χ4v) is 4.24. The van der Waals surface area contributed by atoms with Crippen molar-refractivity contribution in [2.24, 2.45) is 0 Å². The van der Waals surface area contributed by atoms with Crippen LogP contribution in [0.15, 0.2) is 83.8 Å². The van der Waals surface area contributed by atoms with Crippen molar-refractivity contribution < 1.29 is 8.42 Å². The summed E-state index contributed by atoms with van der Waals surface area (Å²) in [4.78, 5) is 9.31. The summed E-state index contributed by atoms with van der Waals surface area (Å²) >= 11 is 0. The van der Waals surface area contributed by atoms with Crippen LogP contribution in [0.3, 0.4) is 0 Å². The third kappa shape index (κ3) is 4.67. The summed E-state index contributed by atoms with van der Waals surface area (Å²) in [6.45, 7) is 4.35. The minimum atomic E-state index is -3.81. The van der Waals surface area contributed by atoms with E-state index in [0.29, 0.717) is 22.8 Å². The molecule has 0 fully saturated rings. The largest absolute Gasteiger partial charge is 0.337 e. The maximum Gasteiger partial charge on any atom is 0.263 e. The van der Waals surface area contributed by atoms with Gasteiger partial charge in [-0.3, -0.25) is 4.72 Å². The fourth-order valence-electron chi connectivity index (χ4n) is 3.21. The predicted octanol–water partition coefficient (Wildman–Crippen LogP) is 5.69. The van der Waals surface area contributed by atoms with E-state index in [-0.39, 0.29) is 10.7 Å². The molecule has 0 aliphatic carbocycles. The van der Waals surface area contributed by atoms with Crippen LogP contribution in [-0.2, 0) is 10.0 Å². The van der Waals surface area contributed by atoms with Crippen LogP contribution in [0.2, 0.25) is 0 Å². The van der Waals surface area contributed by atoms with Gasteiger partial charge >= 0.3 is 0 Å². The van der Waals surface area contributed by atoms with E-state index in [0.717, 1.165) is 12.1 Å². The number of aromatic nitrogens is 2. The Morgan fingerprint density at radius 1 is 0.806 bits per heavy atom. The van der Waals surface area contributed by atoms with E-state index in [4.69, 9.17) is 0 Å². The Morgan fingerprint density at radius 2 is 1.39 bits per heavy atom. The number of hydrogen-bond acceptors (Lipinski definition) is 5. The molecule has 2 N–H and O–H groups in total. The molecule has 0 saturated heterocycles. The molecule has 4 aromatic rings. The third-order valence-electron chi connectivity index (χ3n) is 5.21. The van der Waals surface area contributed by atoms with Crippen LogP contribution < -0.4 is 10.0 Å². The molecular weight excluding hydrogens is 408 g/mol. The molecule has 1 heterocycles. The number of sulfonamides is 1. The van der Waals surface area contributed by atoms with Crippen LogP contribution in [0.1, 0.15) is 31.7 Å². The topological polar surface area (TPSA) is 84.0 Å². The summed E-state index contributed by atoms with van der Waals surface area (Å²) in [5.74, 6) is 0.964. The van der Waals surface area contributed by atoms with Gasteiger partial charge < -0.3 is 5.32 Å². The number of nitrogens with one attached hydrogen (secondary N) is 2. The number of para-hydroxylation sites is 2. The highest BCUT2D eigenvalue weighted by atomic mass is 32.2. The smallest absolute Gasteiger partial charge is 0.263 e. The van der Waals surface area contributed by atoms with E-state index in [2.05, 4.69) is 46.0 Å². The maximum absolute atomic E-state index is 12.9. The van der Waals surface area contributed by atoms with Crippen LogP contribution in [0.5, 0.6) is 0 Å². The van der Waals surface area contributed by atoms with Crippen molar-refractivity contribution in [1.29, 1.82) is 0 Å². The van der Waals surface area contributed by atoms with Crippen molar-refractivity contribution >= 4 is 38.4 Å². The van der Waals surface area contributed by atoms with Crippen LogP contribution in [0, 0.1) is 0 Å². The molecule has 7 heteroatoms. The Hall–Kier alpha value is -3.45. The number of fused-ring (bicyclic) bond motifs is 1. The molecule has 0 amide bonds. The molecule has 0 bridgehead atoms.